The van der Waals surface area contributed by atoms with Gasteiger partial charge in [-0.15, -0.1) is 4.74 Å². The summed E-state index contributed by atoms with van der Waals surface area (Å²) in [5, 5.41) is 0. The largest absolute Gasteiger partial charge is 0.364 e. The fraction of sp³-hybridized carbons (Fsp3) is 0.0667. The van der Waals surface area contributed by atoms with Crippen molar-refractivity contribution < 1.29 is 4.52 Å². The van der Waals surface area contributed by atoms with Gasteiger partial charge in [0.2, 0.25) is 0 Å². The Labute approximate surface area is 99.4 Å². The first-order valence-electron chi connectivity index (χ1n) is 5.48. The Balaban J connectivity index is 1.95. The lowest BCUT2D eigenvalue weighted by Crippen LogP contribution is -1.98. The summed E-state index contributed by atoms with van der Waals surface area (Å²) in [6, 6.07) is 18.9. The molecule has 0 aliphatic rings. The van der Waals surface area contributed by atoms with Gasteiger partial charge in [-0.25, -0.2) is 0 Å². The molecule has 1 aromatic heterocycles. The van der Waals surface area contributed by atoms with Gasteiger partial charge in [-0.1, -0.05) is 24.3 Å². The van der Waals surface area contributed by atoms with Crippen molar-refractivity contribution in [3.63, 3.8) is 0 Å². The smallest absolute Gasteiger partial charge is 0.184 e. The first-order chi connectivity index (χ1) is 8.33. The Bertz CT molecular complexity index is 708. The van der Waals surface area contributed by atoms with Crippen molar-refractivity contribution >= 4 is 11.1 Å². The van der Waals surface area contributed by atoms with Crippen molar-refractivity contribution in [2.24, 2.45) is 0 Å². The molecule has 82 valence electrons. The molecular formula is C15H11NO. The molecular weight excluding hydrogens is 210 g/mol. The Morgan fingerprint density at radius 1 is 1.06 bits per heavy atom. The Morgan fingerprint density at radius 2 is 1.88 bits per heavy atom. The number of aromatic nitrogens is 1. The monoisotopic (exact) mass is 221 g/mol. The zero-order chi connectivity index (χ0) is 11.7. The molecule has 1 heterocycles. The van der Waals surface area contributed by atoms with Gasteiger partial charge in [-0.05, 0) is 42.7 Å². The average molecular weight is 221 g/mol. The molecule has 0 N–H and O–H groups in total. The molecule has 0 atom stereocenters. The van der Waals surface area contributed by atoms with Crippen molar-refractivity contribution in [2.45, 2.75) is 6.92 Å². The predicted octanol–water partition coefficient (Wildman–Crippen LogP) is 3.40. The first kappa shape index (κ1) is 9.80. The lowest BCUT2D eigenvalue weighted by atomic mass is 10.2. The van der Waals surface area contributed by atoms with Gasteiger partial charge >= 0.3 is 0 Å². The highest BCUT2D eigenvalue weighted by atomic mass is 16.5. The molecule has 3 aromatic rings. The third-order valence-electron chi connectivity index (χ3n) is 2.60. The molecule has 0 bridgehead atoms. The van der Waals surface area contributed by atoms with Gasteiger partial charge in [0.05, 0.1) is 6.04 Å². The fourth-order valence-corrected chi connectivity index (χ4v) is 1.69. The van der Waals surface area contributed by atoms with Crippen LogP contribution < -0.4 is 0 Å². The highest BCUT2D eigenvalue weighted by molar-refractivity contribution is 5.76. The van der Waals surface area contributed by atoms with Gasteiger partial charge in [-0.2, -0.15) is 0 Å². The number of hydrogen-bond donors (Lipinski definition) is 0. The SMILES string of the molecule is Cc1ccc2c(c1)on2C#Cc1ccccc1. The second-order valence-corrected chi connectivity index (χ2v) is 3.96. The van der Waals surface area contributed by atoms with Crippen LogP contribution in [0.5, 0.6) is 0 Å². The van der Waals surface area contributed by atoms with Gasteiger partial charge in [0.25, 0.3) is 0 Å². The highest BCUT2D eigenvalue weighted by Crippen LogP contribution is 2.19. The van der Waals surface area contributed by atoms with Gasteiger partial charge in [0.1, 0.15) is 5.52 Å². The van der Waals surface area contributed by atoms with Crippen LogP contribution in [0.25, 0.3) is 11.1 Å². The van der Waals surface area contributed by atoms with E-state index in [0.29, 0.717) is 0 Å². The van der Waals surface area contributed by atoms with E-state index in [0.717, 1.165) is 16.7 Å². The number of nitrogens with zero attached hydrogens (tertiary/aromatic N) is 1. The maximum atomic E-state index is 5.45. The number of aryl methyl sites for hydroxylation is 1. The van der Waals surface area contributed by atoms with Crippen LogP contribution in [0.3, 0.4) is 0 Å². The Hall–Kier alpha value is -2.40. The third kappa shape index (κ3) is 1.83. The normalized spacial score (nSPS) is 10.2. The van der Waals surface area contributed by atoms with E-state index in [1.807, 2.05) is 49.4 Å². The molecule has 0 saturated carbocycles. The Kier molecular flexibility index (Phi) is 2.23. The summed E-state index contributed by atoms with van der Waals surface area (Å²) in [5.41, 5.74) is 4.10. The van der Waals surface area contributed by atoms with Crippen molar-refractivity contribution in [1.82, 2.24) is 4.74 Å². The van der Waals surface area contributed by atoms with Crippen molar-refractivity contribution in [2.75, 3.05) is 0 Å². The fourth-order valence-electron chi connectivity index (χ4n) is 1.69. The lowest BCUT2D eigenvalue weighted by Gasteiger charge is -2.07. The Morgan fingerprint density at radius 3 is 2.65 bits per heavy atom. The van der Waals surface area contributed by atoms with Gasteiger partial charge in [-0.3, -0.25) is 0 Å². The molecule has 0 radical (unpaired) electrons. The van der Waals surface area contributed by atoms with Crippen LogP contribution in [0.2, 0.25) is 0 Å². The quantitative estimate of drug-likeness (QED) is 0.532. The van der Waals surface area contributed by atoms with Crippen LogP contribution in [0.4, 0.5) is 0 Å². The summed E-state index contributed by atoms with van der Waals surface area (Å²) in [6.45, 7) is 2.04. The number of fused-ring (bicyclic) bond motifs is 1. The molecule has 0 fully saturated rings. The predicted molar refractivity (Wildman–Crippen MR) is 67.7 cm³/mol. The summed E-state index contributed by atoms with van der Waals surface area (Å²) in [7, 11) is 0. The molecule has 0 aliphatic heterocycles. The van der Waals surface area contributed by atoms with Gasteiger partial charge < -0.3 is 4.52 Å². The summed E-state index contributed by atoms with van der Waals surface area (Å²) in [4.78, 5) is 0. The van der Waals surface area contributed by atoms with Crippen molar-refractivity contribution in [3.05, 3.63) is 59.7 Å². The standard InChI is InChI=1S/C15H11NO/c1-12-7-8-14-15(11-12)17-16(14)10-9-13-5-3-2-4-6-13/h2-8,11H,1H3. The molecule has 0 amide bonds. The van der Waals surface area contributed by atoms with E-state index in [-0.39, 0.29) is 0 Å². The average Bonchev–Trinajstić information content (AvgIpc) is 2.33. The number of rotatable bonds is 0. The second kappa shape index (κ2) is 3.88. The maximum Gasteiger partial charge on any atom is 0.184 e. The van der Waals surface area contributed by atoms with Crippen LogP contribution in [-0.4, -0.2) is 4.74 Å². The molecule has 3 rings (SSSR count). The zero-order valence-corrected chi connectivity index (χ0v) is 9.47. The summed E-state index contributed by atoms with van der Waals surface area (Å²) < 4.78 is 7.05. The summed E-state index contributed by atoms with van der Waals surface area (Å²) >= 11 is 0. The third-order valence-corrected chi connectivity index (χ3v) is 2.60. The zero-order valence-electron chi connectivity index (χ0n) is 9.47. The maximum absolute atomic E-state index is 5.45. The van der Waals surface area contributed by atoms with E-state index in [4.69, 9.17) is 4.52 Å². The topological polar surface area (TPSA) is 18.1 Å². The molecule has 2 aromatic carbocycles. The number of hydrogen-bond acceptors (Lipinski definition) is 1. The van der Waals surface area contributed by atoms with Crippen LogP contribution in [0.1, 0.15) is 11.1 Å². The van der Waals surface area contributed by atoms with Gasteiger partial charge in [0, 0.05) is 5.56 Å². The minimum Gasteiger partial charge on any atom is -0.364 e. The van der Waals surface area contributed by atoms with Gasteiger partial charge in [0.15, 0.2) is 5.58 Å². The van der Waals surface area contributed by atoms with E-state index >= 15 is 0 Å². The minimum absolute atomic E-state index is 0.896. The van der Waals surface area contributed by atoms with Crippen molar-refractivity contribution in [1.29, 1.82) is 0 Å². The molecule has 0 aliphatic carbocycles. The van der Waals surface area contributed by atoms with Crippen LogP contribution >= 0.6 is 0 Å². The first-order valence-corrected chi connectivity index (χ1v) is 5.48. The minimum atomic E-state index is 0.896. The van der Waals surface area contributed by atoms with Crippen LogP contribution in [-0.2, 0) is 0 Å². The van der Waals surface area contributed by atoms with E-state index < -0.39 is 0 Å². The highest BCUT2D eigenvalue weighted by Gasteiger charge is 2.05. The van der Waals surface area contributed by atoms with Crippen molar-refractivity contribution in [3.8, 4) is 12.0 Å². The van der Waals surface area contributed by atoms with E-state index in [9.17, 15) is 0 Å². The number of benzene rings is 2. The molecule has 17 heavy (non-hydrogen) atoms. The van der Waals surface area contributed by atoms with E-state index in [1.54, 1.807) is 4.74 Å². The van der Waals surface area contributed by atoms with Crippen LogP contribution in [0, 0.1) is 18.9 Å². The summed E-state index contributed by atoms with van der Waals surface area (Å²) in [5.74, 6) is 3.05. The molecule has 0 unspecified atom stereocenters. The molecule has 2 nitrogen and oxygen atoms in total. The molecule has 2 heteroatoms. The summed E-state index contributed by atoms with van der Waals surface area (Å²) in [6.07, 6.45) is 0. The lowest BCUT2D eigenvalue weighted by molar-refractivity contribution is 0.356. The van der Waals surface area contributed by atoms with Crippen LogP contribution in [0.15, 0.2) is 53.1 Å². The van der Waals surface area contributed by atoms with E-state index in [1.165, 1.54) is 5.56 Å². The second-order valence-electron chi connectivity index (χ2n) is 3.96. The van der Waals surface area contributed by atoms with E-state index in [2.05, 4.69) is 18.0 Å². The molecule has 0 spiro atoms. The molecule has 0 saturated heterocycles.